The van der Waals surface area contributed by atoms with Crippen molar-refractivity contribution in [1.29, 1.82) is 0 Å². The fourth-order valence-electron chi connectivity index (χ4n) is 13.7. The van der Waals surface area contributed by atoms with Gasteiger partial charge in [0.2, 0.25) is 5.95 Å². The normalized spacial score (nSPS) is 12.9. The first-order valence-electron chi connectivity index (χ1n) is 28.2. The molecule has 17 rings (SSSR count). The maximum atomic E-state index is 5.51. The molecule has 0 N–H and O–H groups in total. The van der Waals surface area contributed by atoms with Crippen molar-refractivity contribution in [2.45, 2.75) is 19.3 Å². The zero-order valence-electron chi connectivity index (χ0n) is 45.1. The maximum absolute atomic E-state index is 5.51. The summed E-state index contributed by atoms with van der Waals surface area (Å²) in [6.07, 6.45) is 0. The van der Waals surface area contributed by atoms with Gasteiger partial charge in [0.15, 0.2) is 11.6 Å². The molecule has 82 heavy (non-hydrogen) atoms. The predicted octanol–water partition coefficient (Wildman–Crippen LogP) is 19.8. The summed E-state index contributed by atoms with van der Waals surface area (Å²) in [7, 11) is 0. The van der Waals surface area contributed by atoms with Crippen molar-refractivity contribution in [3.05, 3.63) is 278 Å². The van der Waals surface area contributed by atoms with E-state index >= 15 is 0 Å². The van der Waals surface area contributed by atoms with Gasteiger partial charge in [-0.1, -0.05) is 214 Å². The van der Waals surface area contributed by atoms with E-state index in [0.717, 1.165) is 66.6 Å². The lowest BCUT2D eigenvalue weighted by molar-refractivity contribution is 0.661. The lowest BCUT2D eigenvalue weighted by Crippen LogP contribution is -2.14. The molecule has 1 aliphatic rings. The van der Waals surface area contributed by atoms with Gasteiger partial charge >= 0.3 is 0 Å². The molecule has 6 heteroatoms. The Morgan fingerprint density at radius 3 is 1.48 bits per heavy atom. The first kappa shape index (κ1) is 46.2. The van der Waals surface area contributed by atoms with Crippen molar-refractivity contribution in [3.8, 4) is 45.5 Å². The molecule has 0 unspecified atom stereocenters. The average molecular weight is 1050 g/mol. The molecule has 0 bridgehead atoms. The van der Waals surface area contributed by atoms with Gasteiger partial charge in [0.05, 0.1) is 22.1 Å². The van der Waals surface area contributed by atoms with Crippen LogP contribution in [-0.4, -0.2) is 24.1 Å². The van der Waals surface area contributed by atoms with Crippen LogP contribution < -0.4 is 4.90 Å². The van der Waals surface area contributed by atoms with Crippen LogP contribution in [0.15, 0.2) is 267 Å². The molecule has 16 aromatic rings. The van der Waals surface area contributed by atoms with Gasteiger partial charge in [0.25, 0.3) is 0 Å². The molecular formula is C76H50N6. The third kappa shape index (κ3) is 6.85. The van der Waals surface area contributed by atoms with E-state index in [-0.39, 0.29) is 5.41 Å². The monoisotopic (exact) mass is 1050 g/mol. The van der Waals surface area contributed by atoms with Crippen molar-refractivity contribution < 1.29 is 0 Å². The predicted molar refractivity (Wildman–Crippen MR) is 342 cm³/mol. The highest BCUT2D eigenvalue weighted by molar-refractivity contribution is 6.30. The van der Waals surface area contributed by atoms with Gasteiger partial charge < -0.3 is 9.47 Å². The molecule has 1 aliphatic carbocycles. The van der Waals surface area contributed by atoms with Gasteiger partial charge in [0.1, 0.15) is 0 Å². The van der Waals surface area contributed by atoms with Crippen LogP contribution in [0.2, 0.25) is 0 Å². The Morgan fingerprint density at radius 1 is 0.329 bits per heavy atom. The zero-order valence-corrected chi connectivity index (χ0v) is 45.1. The van der Waals surface area contributed by atoms with Crippen LogP contribution in [0.4, 0.5) is 17.1 Å². The average Bonchev–Trinajstić information content (AvgIpc) is 3.96. The van der Waals surface area contributed by atoms with E-state index in [1.54, 1.807) is 0 Å². The third-order valence-electron chi connectivity index (χ3n) is 17.5. The Kier molecular flexibility index (Phi) is 9.96. The Morgan fingerprint density at radius 2 is 0.805 bits per heavy atom. The van der Waals surface area contributed by atoms with Crippen LogP contribution in [0.1, 0.15) is 25.0 Å². The number of nitrogens with zero attached hydrogens (tertiary/aromatic N) is 6. The van der Waals surface area contributed by atoms with Crippen LogP contribution in [0, 0.1) is 0 Å². The second kappa shape index (κ2) is 17.7. The number of hydrogen-bond acceptors (Lipinski definition) is 4. The Hall–Kier alpha value is -10.7. The molecule has 0 aliphatic heterocycles. The molecule has 6 nitrogen and oxygen atoms in total. The number of rotatable bonds is 7. The number of para-hydroxylation sites is 2. The molecule has 3 aromatic heterocycles. The fourth-order valence-corrected chi connectivity index (χ4v) is 13.7. The van der Waals surface area contributed by atoms with Crippen molar-refractivity contribution in [3.63, 3.8) is 0 Å². The highest BCUT2D eigenvalue weighted by atomic mass is 15.2. The van der Waals surface area contributed by atoms with Crippen molar-refractivity contribution in [2.24, 2.45) is 0 Å². The van der Waals surface area contributed by atoms with Crippen molar-refractivity contribution in [1.82, 2.24) is 24.1 Å². The second-order valence-corrected chi connectivity index (χ2v) is 22.3. The molecule has 0 radical (unpaired) electrons. The molecule has 0 spiro atoms. The fraction of sp³-hybridized carbons (Fsp3) is 0.0395. The summed E-state index contributed by atoms with van der Waals surface area (Å²) in [6, 6.07) is 96.9. The van der Waals surface area contributed by atoms with Gasteiger partial charge in [0, 0.05) is 60.8 Å². The Labute approximate surface area is 473 Å². The maximum Gasteiger partial charge on any atom is 0.238 e. The number of benzene rings is 13. The van der Waals surface area contributed by atoms with Crippen molar-refractivity contribution in [2.75, 3.05) is 4.90 Å². The summed E-state index contributed by atoms with van der Waals surface area (Å²) in [5.74, 6) is 1.75. The third-order valence-corrected chi connectivity index (χ3v) is 17.5. The molecule has 3 heterocycles. The molecule has 0 fully saturated rings. The molecule has 0 saturated carbocycles. The summed E-state index contributed by atoms with van der Waals surface area (Å²) < 4.78 is 4.71. The minimum Gasteiger partial charge on any atom is -0.310 e. The smallest absolute Gasteiger partial charge is 0.238 e. The SMILES string of the molecule is CC1(C)c2cc3c4ccc(N(c5ccc6ccccc6c5)c5ccc6c7ccccc7n(-c7ccccc7)c6c5)cc4n(-c4nc(-c5ccccc5)nc(-c5ccccc5)n4)c3cc2-c2c1ccc1c3ccccc3c3ccccc3c21. The van der Waals surface area contributed by atoms with E-state index in [1.807, 2.05) is 36.4 Å². The van der Waals surface area contributed by atoms with Crippen LogP contribution in [-0.2, 0) is 5.41 Å². The Bertz CT molecular complexity index is 5220. The van der Waals surface area contributed by atoms with Crippen LogP contribution >= 0.6 is 0 Å². The van der Waals surface area contributed by atoms with E-state index in [9.17, 15) is 0 Å². The number of aromatic nitrogens is 5. The number of anilines is 3. The molecule has 13 aromatic carbocycles. The first-order valence-corrected chi connectivity index (χ1v) is 28.2. The summed E-state index contributed by atoms with van der Waals surface area (Å²) >= 11 is 0. The molecular weight excluding hydrogens is 997 g/mol. The molecule has 0 amide bonds. The summed E-state index contributed by atoms with van der Waals surface area (Å²) in [4.78, 5) is 18.6. The lowest BCUT2D eigenvalue weighted by atomic mass is 9.81. The van der Waals surface area contributed by atoms with Crippen LogP contribution in [0.5, 0.6) is 0 Å². The summed E-state index contributed by atoms with van der Waals surface area (Å²) in [5, 5.41) is 14.6. The Balaban J connectivity index is 0.979. The largest absolute Gasteiger partial charge is 0.310 e. The van der Waals surface area contributed by atoms with Crippen molar-refractivity contribution >= 4 is 104 Å². The number of fused-ring (bicyclic) bond motifs is 17. The highest BCUT2D eigenvalue weighted by Crippen LogP contribution is 2.55. The van der Waals surface area contributed by atoms with Crippen LogP contribution in [0.25, 0.3) is 132 Å². The van der Waals surface area contributed by atoms with Crippen LogP contribution in [0.3, 0.4) is 0 Å². The molecule has 0 atom stereocenters. The highest BCUT2D eigenvalue weighted by Gasteiger charge is 2.38. The molecule has 0 saturated heterocycles. The van der Waals surface area contributed by atoms with Gasteiger partial charge in [-0.2, -0.15) is 9.97 Å². The van der Waals surface area contributed by atoms with E-state index in [1.165, 1.54) is 76.2 Å². The van der Waals surface area contributed by atoms with Gasteiger partial charge in [-0.05, 0) is 132 Å². The summed E-state index contributed by atoms with van der Waals surface area (Å²) in [6.45, 7) is 4.80. The number of hydrogen-bond donors (Lipinski definition) is 0. The topological polar surface area (TPSA) is 51.8 Å². The standard InChI is InChI=1S/C76H50N6/c1-76(2)65-41-40-62-57-30-15-14-28-55(57)56-29-16-17-32-61(56)71(62)72(65)64-46-70-63(45-66(64)76)60-39-37-54(44-69(60)82(70)75-78-73(48-21-6-3-7-22-48)77-74(79-75)49-23-8-4-9-24-49)80(52-35-34-47-20-12-13-25-50(47)42-52)53-36-38-59-58-31-18-19-33-67(58)81(68(59)43-53)51-26-10-5-11-27-51/h3-46H,1-2H3. The second-order valence-electron chi connectivity index (χ2n) is 22.3. The van der Waals surface area contributed by atoms with Gasteiger partial charge in [-0.15, -0.1) is 0 Å². The molecule has 384 valence electrons. The van der Waals surface area contributed by atoms with E-state index < -0.39 is 0 Å². The van der Waals surface area contributed by atoms with E-state index in [2.05, 4.69) is 258 Å². The zero-order chi connectivity index (χ0) is 54.2. The minimum absolute atomic E-state index is 0.309. The first-order chi connectivity index (χ1) is 40.4. The van der Waals surface area contributed by atoms with E-state index in [0.29, 0.717) is 17.6 Å². The summed E-state index contributed by atoms with van der Waals surface area (Å²) in [5.41, 5.74) is 15.1. The quantitative estimate of drug-likeness (QED) is 0.149. The lowest BCUT2D eigenvalue weighted by Gasteiger charge is -2.26. The van der Waals surface area contributed by atoms with Gasteiger partial charge in [-0.3, -0.25) is 4.57 Å². The minimum atomic E-state index is -0.309. The van der Waals surface area contributed by atoms with E-state index in [4.69, 9.17) is 15.0 Å². The van der Waals surface area contributed by atoms with Gasteiger partial charge in [-0.25, -0.2) is 4.98 Å².